The summed E-state index contributed by atoms with van der Waals surface area (Å²) in [6, 6.07) is 6.16. The smallest absolute Gasteiger partial charge is 0.0706 e. The highest BCUT2D eigenvalue weighted by atomic mass is 15.2. The molecule has 2 rings (SSSR count). The maximum atomic E-state index is 4.34. The lowest BCUT2D eigenvalue weighted by Crippen LogP contribution is -2.28. The highest BCUT2D eigenvalue weighted by Crippen LogP contribution is 2.11. The van der Waals surface area contributed by atoms with E-state index >= 15 is 0 Å². The third-order valence-electron chi connectivity index (χ3n) is 2.87. The summed E-state index contributed by atoms with van der Waals surface area (Å²) in [5, 5.41) is 7.68. The van der Waals surface area contributed by atoms with Crippen molar-refractivity contribution in [1.29, 1.82) is 0 Å². The van der Waals surface area contributed by atoms with Gasteiger partial charge in [0.15, 0.2) is 0 Å². The molecule has 0 spiro atoms. The Hall–Kier alpha value is -1.39. The highest BCUT2D eigenvalue weighted by Gasteiger charge is 2.05. The summed E-state index contributed by atoms with van der Waals surface area (Å²) in [7, 11) is 2.14. The third kappa shape index (κ3) is 3.05. The standard InChI is InChI=1S/C13H20N4/c1-3-14-7-9-16(2)11-12-10-15-17-8-5-4-6-13(12)17/h4-6,8,10,14H,3,7,9,11H2,1-2H3. The molecule has 17 heavy (non-hydrogen) atoms. The first-order valence-electron chi connectivity index (χ1n) is 6.11. The molecule has 1 N–H and O–H groups in total. The highest BCUT2D eigenvalue weighted by molar-refractivity contribution is 5.53. The van der Waals surface area contributed by atoms with Crippen LogP contribution in [0.15, 0.2) is 30.6 Å². The SMILES string of the molecule is CCNCCN(C)Cc1cnn2ccccc12. The lowest BCUT2D eigenvalue weighted by atomic mass is 10.2. The van der Waals surface area contributed by atoms with Gasteiger partial charge in [0.05, 0.1) is 11.7 Å². The molecule has 0 aliphatic heterocycles. The Kier molecular flexibility index (Phi) is 4.12. The molecule has 0 aliphatic carbocycles. The minimum atomic E-state index is 0.943. The fourth-order valence-electron chi connectivity index (χ4n) is 1.93. The monoisotopic (exact) mass is 232 g/mol. The van der Waals surface area contributed by atoms with Gasteiger partial charge in [0.1, 0.15) is 0 Å². The summed E-state index contributed by atoms with van der Waals surface area (Å²) in [6.07, 6.45) is 3.94. The fourth-order valence-corrected chi connectivity index (χ4v) is 1.93. The van der Waals surface area contributed by atoms with Gasteiger partial charge >= 0.3 is 0 Å². The van der Waals surface area contributed by atoms with Crippen molar-refractivity contribution in [3.05, 3.63) is 36.2 Å². The van der Waals surface area contributed by atoms with Crippen LogP contribution in [0.1, 0.15) is 12.5 Å². The number of rotatable bonds is 6. The van der Waals surface area contributed by atoms with Crippen molar-refractivity contribution >= 4 is 5.52 Å². The van der Waals surface area contributed by atoms with Crippen molar-refractivity contribution in [3.63, 3.8) is 0 Å². The summed E-state index contributed by atoms with van der Waals surface area (Å²) < 4.78 is 1.92. The first-order chi connectivity index (χ1) is 8.31. The van der Waals surface area contributed by atoms with Crippen molar-refractivity contribution < 1.29 is 0 Å². The molecule has 0 atom stereocenters. The molecule has 0 aliphatic rings. The molecule has 2 aromatic heterocycles. The summed E-state index contributed by atoms with van der Waals surface area (Å²) in [6.45, 7) is 6.19. The van der Waals surface area contributed by atoms with E-state index < -0.39 is 0 Å². The number of aromatic nitrogens is 2. The molecule has 0 saturated carbocycles. The van der Waals surface area contributed by atoms with E-state index in [0.29, 0.717) is 0 Å². The van der Waals surface area contributed by atoms with Crippen molar-refractivity contribution in [2.75, 3.05) is 26.7 Å². The molecule has 92 valence electrons. The second-order valence-electron chi connectivity index (χ2n) is 4.29. The minimum Gasteiger partial charge on any atom is -0.316 e. The number of nitrogens with zero attached hydrogens (tertiary/aromatic N) is 3. The third-order valence-corrected chi connectivity index (χ3v) is 2.87. The molecular weight excluding hydrogens is 212 g/mol. The number of fused-ring (bicyclic) bond motifs is 1. The van der Waals surface area contributed by atoms with E-state index in [-0.39, 0.29) is 0 Å². The molecule has 0 amide bonds. The first-order valence-corrected chi connectivity index (χ1v) is 6.11. The summed E-state index contributed by atoms with van der Waals surface area (Å²) in [5.41, 5.74) is 2.48. The van der Waals surface area contributed by atoms with Gasteiger partial charge < -0.3 is 10.2 Å². The van der Waals surface area contributed by atoms with Gasteiger partial charge in [0, 0.05) is 31.4 Å². The van der Waals surface area contributed by atoms with Crippen LogP contribution in [0.2, 0.25) is 0 Å². The Labute approximate surface area is 102 Å². The molecule has 2 heterocycles. The molecule has 0 saturated heterocycles. The van der Waals surface area contributed by atoms with Crippen LogP contribution >= 0.6 is 0 Å². The van der Waals surface area contributed by atoms with E-state index in [4.69, 9.17) is 0 Å². The van der Waals surface area contributed by atoms with E-state index in [9.17, 15) is 0 Å². The molecule has 4 nitrogen and oxygen atoms in total. The van der Waals surface area contributed by atoms with Crippen LogP contribution in [0.25, 0.3) is 5.52 Å². The molecule has 2 aromatic rings. The zero-order chi connectivity index (χ0) is 12.1. The predicted octanol–water partition coefficient (Wildman–Crippen LogP) is 1.38. The Morgan fingerprint density at radius 2 is 2.29 bits per heavy atom. The van der Waals surface area contributed by atoms with E-state index in [1.807, 2.05) is 23.0 Å². The van der Waals surface area contributed by atoms with Crippen molar-refractivity contribution in [2.24, 2.45) is 0 Å². The Balaban J connectivity index is 1.98. The normalized spacial score (nSPS) is 11.5. The van der Waals surface area contributed by atoms with Crippen LogP contribution < -0.4 is 5.32 Å². The van der Waals surface area contributed by atoms with Crippen LogP contribution in [0, 0.1) is 0 Å². The largest absolute Gasteiger partial charge is 0.316 e. The van der Waals surface area contributed by atoms with Crippen molar-refractivity contribution in [3.8, 4) is 0 Å². The van der Waals surface area contributed by atoms with Gasteiger partial charge in [-0.25, -0.2) is 4.52 Å². The van der Waals surface area contributed by atoms with E-state index in [2.05, 4.69) is 41.4 Å². The summed E-state index contributed by atoms with van der Waals surface area (Å²) >= 11 is 0. The van der Waals surface area contributed by atoms with Crippen LogP contribution in [0.5, 0.6) is 0 Å². The van der Waals surface area contributed by atoms with Crippen LogP contribution in [0.4, 0.5) is 0 Å². The van der Waals surface area contributed by atoms with Gasteiger partial charge in [-0.1, -0.05) is 13.0 Å². The number of likely N-dealkylation sites (N-methyl/N-ethyl adjacent to an activating group) is 2. The quantitative estimate of drug-likeness (QED) is 0.764. The number of hydrogen-bond acceptors (Lipinski definition) is 3. The average Bonchev–Trinajstić information content (AvgIpc) is 2.73. The maximum absolute atomic E-state index is 4.34. The van der Waals surface area contributed by atoms with Gasteiger partial charge in [-0.05, 0) is 25.7 Å². The van der Waals surface area contributed by atoms with E-state index in [0.717, 1.165) is 26.2 Å². The van der Waals surface area contributed by atoms with Gasteiger partial charge in [-0.15, -0.1) is 0 Å². The van der Waals surface area contributed by atoms with Gasteiger partial charge in [-0.3, -0.25) is 0 Å². The molecule has 0 fully saturated rings. The molecule has 0 unspecified atom stereocenters. The van der Waals surface area contributed by atoms with E-state index in [1.165, 1.54) is 11.1 Å². The Bertz CT molecular complexity index is 463. The lowest BCUT2D eigenvalue weighted by molar-refractivity contribution is 0.327. The zero-order valence-corrected chi connectivity index (χ0v) is 10.6. The average molecular weight is 232 g/mol. The van der Waals surface area contributed by atoms with Gasteiger partial charge in [0.25, 0.3) is 0 Å². The fraction of sp³-hybridized carbons (Fsp3) is 0.462. The van der Waals surface area contributed by atoms with Crippen LogP contribution in [-0.4, -0.2) is 41.2 Å². The maximum Gasteiger partial charge on any atom is 0.0706 e. The topological polar surface area (TPSA) is 32.6 Å². The first kappa shape index (κ1) is 12.1. The summed E-state index contributed by atoms with van der Waals surface area (Å²) in [5.74, 6) is 0. The molecule has 0 radical (unpaired) electrons. The van der Waals surface area contributed by atoms with Gasteiger partial charge in [-0.2, -0.15) is 5.10 Å². The summed E-state index contributed by atoms with van der Waals surface area (Å²) in [4.78, 5) is 2.31. The zero-order valence-electron chi connectivity index (χ0n) is 10.6. The second-order valence-corrected chi connectivity index (χ2v) is 4.29. The van der Waals surface area contributed by atoms with E-state index in [1.54, 1.807) is 0 Å². The molecule has 0 bridgehead atoms. The van der Waals surface area contributed by atoms with Gasteiger partial charge in [0.2, 0.25) is 0 Å². The molecule has 0 aromatic carbocycles. The lowest BCUT2D eigenvalue weighted by Gasteiger charge is -2.15. The van der Waals surface area contributed by atoms with Crippen molar-refractivity contribution in [1.82, 2.24) is 19.8 Å². The number of nitrogens with one attached hydrogen (secondary N) is 1. The molecular formula is C13H20N4. The predicted molar refractivity (Wildman–Crippen MR) is 70.1 cm³/mol. The minimum absolute atomic E-state index is 0.943. The number of hydrogen-bond donors (Lipinski definition) is 1. The van der Waals surface area contributed by atoms with Crippen molar-refractivity contribution in [2.45, 2.75) is 13.5 Å². The van der Waals surface area contributed by atoms with Crippen LogP contribution in [0.3, 0.4) is 0 Å². The Morgan fingerprint density at radius 1 is 1.41 bits per heavy atom. The molecule has 4 heteroatoms. The second kappa shape index (κ2) is 5.80. The van der Waals surface area contributed by atoms with Crippen LogP contribution in [-0.2, 0) is 6.54 Å². The Morgan fingerprint density at radius 3 is 3.12 bits per heavy atom. The number of pyridine rings is 1.